The highest BCUT2D eigenvalue weighted by Crippen LogP contribution is 2.27. The van der Waals surface area contributed by atoms with Gasteiger partial charge in [-0.25, -0.2) is 0 Å². The standard InChI is InChI=1S/C23H27BN6O2/c1-15-10-19-17(13-25)7-5-9-20(19)30(15)23-27-21(12-22(28-23)29(2)3)26-14-16-6-4-8-18(11-16)24(31)32/h4-12,31-32H,13-14,25H2,1-3H3,(H,26,27,28). The van der Waals surface area contributed by atoms with Crippen LogP contribution in [0.3, 0.4) is 0 Å². The number of nitrogens with one attached hydrogen (secondary N) is 1. The number of aromatic nitrogens is 3. The monoisotopic (exact) mass is 430 g/mol. The first-order valence-corrected chi connectivity index (χ1v) is 10.4. The van der Waals surface area contributed by atoms with E-state index in [2.05, 4.69) is 11.4 Å². The van der Waals surface area contributed by atoms with Gasteiger partial charge in [0.25, 0.3) is 0 Å². The number of rotatable bonds is 7. The zero-order valence-corrected chi connectivity index (χ0v) is 18.4. The van der Waals surface area contributed by atoms with E-state index < -0.39 is 7.12 Å². The third-order valence-electron chi connectivity index (χ3n) is 5.42. The summed E-state index contributed by atoms with van der Waals surface area (Å²) in [7, 11) is 2.38. The number of anilines is 2. The summed E-state index contributed by atoms with van der Waals surface area (Å²) in [6.45, 7) is 2.98. The third-order valence-corrected chi connectivity index (χ3v) is 5.42. The molecule has 9 heteroatoms. The fraction of sp³-hybridized carbons (Fsp3) is 0.217. The van der Waals surface area contributed by atoms with Crippen LogP contribution in [0.15, 0.2) is 54.6 Å². The molecule has 0 unspecified atom stereocenters. The van der Waals surface area contributed by atoms with E-state index in [4.69, 9.17) is 15.7 Å². The molecular formula is C23H27BN6O2. The summed E-state index contributed by atoms with van der Waals surface area (Å²) in [5.74, 6) is 2.01. The lowest BCUT2D eigenvalue weighted by molar-refractivity contribution is 0.425. The molecule has 32 heavy (non-hydrogen) atoms. The van der Waals surface area contributed by atoms with Crippen LogP contribution in [0.5, 0.6) is 0 Å². The molecule has 5 N–H and O–H groups in total. The molecular weight excluding hydrogens is 403 g/mol. The van der Waals surface area contributed by atoms with E-state index in [-0.39, 0.29) is 0 Å². The molecule has 2 aromatic carbocycles. The normalized spacial score (nSPS) is 11.1. The average molecular weight is 430 g/mol. The number of nitrogens with zero attached hydrogens (tertiary/aromatic N) is 4. The Morgan fingerprint density at radius 2 is 1.84 bits per heavy atom. The van der Waals surface area contributed by atoms with Crippen molar-refractivity contribution in [2.75, 3.05) is 24.3 Å². The number of hydrogen-bond acceptors (Lipinski definition) is 7. The van der Waals surface area contributed by atoms with Crippen LogP contribution < -0.4 is 21.4 Å². The molecule has 0 aliphatic carbocycles. The van der Waals surface area contributed by atoms with E-state index in [0.29, 0.717) is 30.3 Å². The summed E-state index contributed by atoms with van der Waals surface area (Å²) >= 11 is 0. The van der Waals surface area contributed by atoms with Crippen molar-refractivity contribution in [3.05, 3.63) is 71.4 Å². The number of nitrogens with two attached hydrogens (primary N) is 1. The van der Waals surface area contributed by atoms with E-state index >= 15 is 0 Å². The molecule has 8 nitrogen and oxygen atoms in total. The van der Waals surface area contributed by atoms with Crippen LogP contribution in [-0.4, -0.2) is 45.8 Å². The Balaban J connectivity index is 1.73. The molecule has 0 amide bonds. The molecule has 0 fully saturated rings. The third kappa shape index (κ3) is 4.31. The second-order valence-electron chi connectivity index (χ2n) is 7.95. The Kier molecular flexibility index (Phi) is 6.13. The topological polar surface area (TPSA) is 112 Å². The van der Waals surface area contributed by atoms with Crippen LogP contribution in [0.1, 0.15) is 16.8 Å². The average Bonchev–Trinajstić information content (AvgIpc) is 3.13. The van der Waals surface area contributed by atoms with Crippen molar-refractivity contribution < 1.29 is 10.0 Å². The van der Waals surface area contributed by atoms with Gasteiger partial charge in [-0.2, -0.15) is 9.97 Å². The summed E-state index contributed by atoms with van der Waals surface area (Å²) in [5, 5.41) is 23.3. The van der Waals surface area contributed by atoms with Gasteiger partial charge in [0.15, 0.2) is 0 Å². The summed E-state index contributed by atoms with van der Waals surface area (Å²) < 4.78 is 2.04. The largest absolute Gasteiger partial charge is 0.488 e. The molecule has 0 spiro atoms. The Bertz CT molecular complexity index is 1250. The van der Waals surface area contributed by atoms with Gasteiger partial charge in [0, 0.05) is 44.3 Å². The van der Waals surface area contributed by atoms with E-state index in [1.807, 2.05) is 60.8 Å². The van der Waals surface area contributed by atoms with Crippen LogP contribution in [0, 0.1) is 6.92 Å². The maximum atomic E-state index is 9.42. The fourth-order valence-electron chi connectivity index (χ4n) is 3.77. The van der Waals surface area contributed by atoms with Gasteiger partial charge >= 0.3 is 7.12 Å². The number of hydrogen-bond donors (Lipinski definition) is 4. The maximum absolute atomic E-state index is 9.42. The summed E-state index contributed by atoms with van der Waals surface area (Å²) in [5.41, 5.74) is 10.4. The minimum atomic E-state index is -1.50. The van der Waals surface area contributed by atoms with Crippen molar-refractivity contribution in [1.82, 2.24) is 14.5 Å². The van der Waals surface area contributed by atoms with Crippen molar-refractivity contribution in [1.29, 1.82) is 0 Å². The molecule has 164 valence electrons. The van der Waals surface area contributed by atoms with Crippen molar-refractivity contribution in [2.24, 2.45) is 5.73 Å². The van der Waals surface area contributed by atoms with E-state index in [9.17, 15) is 10.0 Å². The van der Waals surface area contributed by atoms with Gasteiger partial charge < -0.3 is 26.0 Å². The maximum Gasteiger partial charge on any atom is 0.488 e. The van der Waals surface area contributed by atoms with Crippen LogP contribution in [0.4, 0.5) is 11.6 Å². The van der Waals surface area contributed by atoms with Crippen molar-refractivity contribution in [3.8, 4) is 5.95 Å². The second-order valence-corrected chi connectivity index (χ2v) is 7.95. The zero-order valence-electron chi connectivity index (χ0n) is 18.4. The number of fused-ring (bicyclic) bond motifs is 1. The first-order chi connectivity index (χ1) is 15.4. The van der Waals surface area contributed by atoms with E-state index in [1.54, 1.807) is 18.2 Å². The van der Waals surface area contributed by atoms with Crippen LogP contribution in [-0.2, 0) is 13.1 Å². The van der Waals surface area contributed by atoms with Gasteiger partial charge in [0.1, 0.15) is 11.6 Å². The van der Waals surface area contributed by atoms with Gasteiger partial charge in [-0.05, 0) is 35.6 Å². The van der Waals surface area contributed by atoms with E-state index in [0.717, 1.165) is 33.5 Å². The number of benzene rings is 2. The molecule has 4 aromatic rings. The van der Waals surface area contributed by atoms with Gasteiger partial charge in [-0.3, -0.25) is 4.57 Å². The van der Waals surface area contributed by atoms with Crippen LogP contribution in [0.2, 0.25) is 0 Å². The highest BCUT2D eigenvalue weighted by Gasteiger charge is 2.15. The molecule has 0 saturated heterocycles. The second kappa shape index (κ2) is 9.00. The predicted molar refractivity (Wildman–Crippen MR) is 129 cm³/mol. The van der Waals surface area contributed by atoms with E-state index in [1.165, 1.54) is 0 Å². The molecule has 0 aliphatic rings. The van der Waals surface area contributed by atoms with Gasteiger partial charge in [0.2, 0.25) is 5.95 Å². The smallest absolute Gasteiger partial charge is 0.423 e. The highest BCUT2D eigenvalue weighted by atomic mass is 16.4. The predicted octanol–water partition coefficient (Wildman–Crippen LogP) is 1.55. The van der Waals surface area contributed by atoms with Gasteiger partial charge in [-0.15, -0.1) is 0 Å². The quantitative estimate of drug-likeness (QED) is 0.329. The SMILES string of the molecule is Cc1cc2c(CN)cccc2n1-c1nc(NCc2cccc(B(O)O)c2)cc(N(C)C)n1. The Labute approximate surface area is 187 Å². The Hall–Kier alpha value is -3.40. The van der Waals surface area contributed by atoms with Crippen LogP contribution >= 0.6 is 0 Å². The van der Waals surface area contributed by atoms with Crippen molar-refractivity contribution in [2.45, 2.75) is 20.0 Å². The molecule has 2 aromatic heterocycles. The number of aryl methyl sites for hydroxylation is 1. The summed E-state index contributed by atoms with van der Waals surface area (Å²) in [6, 6.07) is 17.2. The fourth-order valence-corrected chi connectivity index (χ4v) is 3.77. The highest BCUT2D eigenvalue weighted by molar-refractivity contribution is 6.58. The lowest BCUT2D eigenvalue weighted by Gasteiger charge is -2.16. The lowest BCUT2D eigenvalue weighted by Crippen LogP contribution is -2.30. The molecule has 0 atom stereocenters. The minimum Gasteiger partial charge on any atom is -0.423 e. The lowest BCUT2D eigenvalue weighted by atomic mass is 9.80. The molecule has 0 saturated carbocycles. The molecule has 0 radical (unpaired) electrons. The van der Waals surface area contributed by atoms with Gasteiger partial charge in [-0.1, -0.05) is 36.4 Å². The summed E-state index contributed by atoms with van der Waals surface area (Å²) in [6.07, 6.45) is 0. The zero-order chi connectivity index (χ0) is 22.8. The molecule has 4 rings (SSSR count). The van der Waals surface area contributed by atoms with Crippen molar-refractivity contribution in [3.63, 3.8) is 0 Å². The Morgan fingerprint density at radius 1 is 1.06 bits per heavy atom. The first kappa shape index (κ1) is 21.8. The molecule has 0 aliphatic heterocycles. The summed E-state index contributed by atoms with van der Waals surface area (Å²) in [4.78, 5) is 11.5. The molecule has 0 bridgehead atoms. The minimum absolute atomic E-state index is 0.451. The van der Waals surface area contributed by atoms with Gasteiger partial charge in [0.05, 0.1) is 5.52 Å². The molecule has 2 heterocycles. The first-order valence-electron chi connectivity index (χ1n) is 10.4. The Morgan fingerprint density at radius 3 is 2.56 bits per heavy atom. The van der Waals surface area contributed by atoms with Crippen molar-refractivity contribution >= 4 is 35.1 Å². The van der Waals surface area contributed by atoms with Crippen LogP contribution in [0.25, 0.3) is 16.9 Å².